The molecule has 0 aliphatic heterocycles. The van der Waals surface area contributed by atoms with Gasteiger partial charge in [-0.1, -0.05) is 54.1 Å². The van der Waals surface area contributed by atoms with Crippen LogP contribution in [0.15, 0.2) is 22.7 Å². The molecule has 1 saturated carbocycles. The molecule has 1 atom stereocenters. The van der Waals surface area contributed by atoms with Gasteiger partial charge in [0.2, 0.25) is 0 Å². The summed E-state index contributed by atoms with van der Waals surface area (Å²) >= 11 is 3.63. The standard InChI is InChI=1S/C16H24BrNO/c1-19-13-9-10-14(15(17)11-13)16(18)12-7-5-3-2-4-6-8-12/h9-12,16H,2-8,18H2,1H3. The van der Waals surface area contributed by atoms with Crippen LogP contribution in [0.4, 0.5) is 0 Å². The van der Waals surface area contributed by atoms with Crippen LogP contribution in [0.1, 0.15) is 56.6 Å². The first-order valence-electron chi connectivity index (χ1n) is 7.31. The zero-order valence-electron chi connectivity index (χ0n) is 11.7. The van der Waals surface area contributed by atoms with E-state index in [0.717, 1.165) is 10.2 Å². The van der Waals surface area contributed by atoms with Gasteiger partial charge in [-0.15, -0.1) is 0 Å². The Morgan fingerprint density at radius 2 is 1.79 bits per heavy atom. The van der Waals surface area contributed by atoms with E-state index in [-0.39, 0.29) is 6.04 Å². The summed E-state index contributed by atoms with van der Waals surface area (Å²) in [7, 11) is 1.69. The van der Waals surface area contributed by atoms with Gasteiger partial charge in [-0.25, -0.2) is 0 Å². The number of rotatable bonds is 3. The molecule has 1 fully saturated rings. The highest BCUT2D eigenvalue weighted by atomic mass is 79.9. The van der Waals surface area contributed by atoms with Crippen LogP contribution in [0.3, 0.4) is 0 Å². The van der Waals surface area contributed by atoms with Gasteiger partial charge in [0.05, 0.1) is 7.11 Å². The van der Waals surface area contributed by atoms with Gasteiger partial charge in [-0.2, -0.15) is 0 Å². The van der Waals surface area contributed by atoms with Crippen LogP contribution in [0.5, 0.6) is 5.75 Å². The minimum atomic E-state index is 0.137. The third-order valence-electron chi connectivity index (χ3n) is 4.22. The van der Waals surface area contributed by atoms with E-state index < -0.39 is 0 Å². The second-order valence-electron chi connectivity index (χ2n) is 5.52. The van der Waals surface area contributed by atoms with E-state index in [1.165, 1.54) is 50.5 Å². The molecule has 0 aromatic heterocycles. The molecule has 1 aromatic carbocycles. The highest BCUT2D eigenvalue weighted by molar-refractivity contribution is 9.10. The van der Waals surface area contributed by atoms with Crippen LogP contribution in [0.25, 0.3) is 0 Å². The summed E-state index contributed by atoms with van der Waals surface area (Å²) < 4.78 is 6.31. The first kappa shape index (κ1) is 14.9. The largest absolute Gasteiger partial charge is 0.497 e. The molecule has 0 amide bonds. The number of methoxy groups -OCH3 is 1. The molecule has 0 heterocycles. The normalized spacial score (nSPS) is 19.5. The van der Waals surface area contributed by atoms with Crippen molar-refractivity contribution in [3.8, 4) is 5.75 Å². The van der Waals surface area contributed by atoms with Gasteiger partial charge in [-0.3, -0.25) is 0 Å². The van der Waals surface area contributed by atoms with Gasteiger partial charge in [-0.05, 0) is 36.5 Å². The predicted octanol–water partition coefficient (Wildman–Crippen LogP) is 4.82. The van der Waals surface area contributed by atoms with Crippen molar-refractivity contribution in [3.05, 3.63) is 28.2 Å². The van der Waals surface area contributed by atoms with Crippen molar-refractivity contribution in [1.82, 2.24) is 0 Å². The van der Waals surface area contributed by atoms with Gasteiger partial charge in [0.1, 0.15) is 5.75 Å². The van der Waals surface area contributed by atoms with Crippen LogP contribution in [0.2, 0.25) is 0 Å². The molecule has 3 heteroatoms. The molecule has 106 valence electrons. The molecule has 1 aliphatic carbocycles. The van der Waals surface area contributed by atoms with Crippen LogP contribution in [-0.2, 0) is 0 Å². The van der Waals surface area contributed by atoms with Crippen molar-refractivity contribution in [3.63, 3.8) is 0 Å². The Morgan fingerprint density at radius 3 is 2.37 bits per heavy atom. The lowest BCUT2D eigenvalue weighted by Crippen LogP contribution is -2.22. The molecular formula is C16H24BrNO. The molecule has 1 aromatic rings. The average molecular weight is 326 g/mol. The van der Waals surface area contributed by atoms with E-state index in [0.29, 0.717) is 5.92 Å². The fraction of sp³-hybridized carbons (Fsp3) is 0.625. The summed E-state index contributed by atoms with van der Waals surface area (Å²) in [6.45, 7) is 0. The first-order chi connectivity index (χ1) is 9.22. The van der Waals surface area contributed by atoms with Crippen molar-refractivity contribution in [2.75, 3.05) is 7.11 Å². The number of ether oxygens (including phenoxy) is 1. The summed E-state index contributed by atoms with van der Waals surface area (Å²) in [6, 6.07) is 6.26. The average Bonchev–Trinajstić information content (AvgIpc) is 2.37. The fourth-order valence-corrected chi connectivity index (χ4v) is 3.63. The Morgan fingerprint density at radius 1 is 1.16 bits per heavy atom. The van der Waals surface area contributed by atoms with Crippen molar-refractivity contribution < 1.29 is 4.74 Å². The van der Waals surface area contributed by atoms with Crippen molar-refractivity contribution in [1.29, 1.82) is 0 Å². The molecule has 2 N–H and O–H groups in total. The number of hydrogen-bond acceptors (Lipinski definition) is 2. The van der Waals surface area contributed by atoms with Gasteiger partial charge >= 0.3 is 0 Å². The molecule has 0 saturated heterocycles. The van der Waals surface area contributed by atoms with E-state index in [9.17, 15) is 0 Å². The SMILES string of the molecule is COc1ccc(C(N)C2CCCCCCC2)c(Br)c1. The monoisotopic (exact) mass is 325 g/mol. The lowest BCUT2D eigenvalue weighted by molar-refractivity contribution is 0.326. The van der Waals surface area contributed by atoms with Crippen LogP contribution >= 0.6 is 15.9 Å². The van der Waals surface area contributed by atoms with E-state index >= 15 is 0 Å². The maximum atomic E-state index is 6.51. The minimum Gasteiger partial charge on any atom is -0.497 e. The molecule has 2 rings (SSSR count). The smallest absolute Gasteiger partial charge is 0.120 e. The summed E-state index contributed by atoms with van der Waals surface area (Å²) in [5, 5.41) is 0. The number of benzene rings is 1. The highest BCUT2D eigenvalue weighted by Gasteiger charge is 2.22. The summed E-state index contributed by atoms with van der Waals surface area (Å²) in [4.78, 5) is 0. The Bertz CT molecular complexity index is 400. The molecule has 0 radical (unpaired) electrons. The van der Waals surface area contributed by atoms with Gasteiger partial charge in [0.25, 0.3) is 0 Å². The van der Waals surface area contributed by atoms with Crippen LogP contribution in [-0.4, -0.2) is 7.11 Å². The number of halogens is 1. The molecular weight excluding hydrogens is 302 g/mol. The zero-order chi connectivity index (χ0) is 13.7. The third-order valence-corrected chi connectivity index (χ3v) is 4.91. The van der Waals surface area contributed by atoms with Gasteiger partial charge in [0, 0.05) is 10.5 Å². The lowest BCUT2D eigenvalue weighted by Gasteiger charge is -2.27. The Labute approximate surface area is 124 Å². The molecule has 2 nitrogen and oxygen atoms in total. The summed E-state index contributed by atoms with van der Waals surface area (Å²) in [5.74, 6) is 1.49. The van der Waals surface area contributed by atoms with Crippen molar-refractivity contribution in [2.24, 2.45) is 11.7 Å². The second-order valence-corrected chi connectivity index (χ2v) is 6.37. The molecule has 1 aliphatic rings. The lowest BCUT2D eigenvalue weighted by atomic mass is 9.83. The molecule has 0 spiro atoms. The van der Waals surface area contributed by atoms with Crippen LogP contribution in [0, 0.1) is 5.92 Å². The maximum Gasteiger partial charge on any atom is 0.120 e. The molecule has 0 bridgehead atoms. The van der Waals surface area contributed by atoms with E-state index in [1.807, 2.05) is 12.1 Å². The molecule has 1 unspecified atom stereocenters. The number of nitrogens with two attached hydrogens (primary N) is 1. The predicted molar refractivity (Wildman–Crippen MR) is 83.4 cm³/mol. The molecule has 19 heavy (non-hydrogen) atoms. The van der Waals surface area contributed by atoms with E-state index in [1.54, 1.807) is 7.11 Å². The van der Waals surface area contributed by atoms with Crippen LogP contribution < -0.4 is 10.5 Å². The third kappa shape index (κ3) is 3.96. The second kappa shape index (κ2) is 7.30. The highest BCUT2D eigenvalue weighted by Crippen LogP contribution is 2.35. The number of hydrogen-bond donors (Lipinski definition) is 1. The fourth-order valence-electron chi connectivity index (χ4n) is 3.01. The van der Waals surface area contributed by atoms with E-state index in [4.69, 9.17) is 10.5 Å². The quantitative estimate of drug-likeness (QED) is 0.864. The Kier molecular flexibility index (Phi) is 5.71. The van der Waals surface area contributed by atoms with Gasteiger partial charge < -0.3 is 10.5 Å². The van der Waals surface area contributed by atoms with Crippen molar-refractivity contribution >= 4 is 15.9 Å². The van der Waals surface area contributed by atoms with Crippen molar-refractivity contribution in [2.45, 2.75) is 51.0 Å². The Hall–Kier alpha value is -0.540. The summed E-state index contributed by atoms with van der Waals surface area (Å²) in [5.41, 5.74) is 7.73. The first-order valence-corrected chi connectivity index (χ1v) is 8.10. The Balaban J connectivity index is 2.10. The maximum absolute atomic E-state index is 6.51. The van der Waals surface area contributed by atoms with E-state index in [2.05, 4.69) is 22.0 Å². The topological polar surface area (TPSA) is 35.2 Å². The minimum absolute atomic E-state index is 0.137. The van der Waals surface area contributed by atoms with Gasteiger partial charge in [0.15, 0.2) is 0 Å². The summed E-state index contributed by atoms with van der Waals surface area (Å²) in [6.07, 6.45) is 9.31. The zero-order valence-corrected chi connectivity index (χ0v) is 13.3.